The Bertz CT molecular complexity index is 1350. The molecule has 0 radical (unpaired) electrons. The van der Waals surface area contributed by atoms with Gasteiger partial charge in [-0.15, -0.1) is 0 Å². The topological polar surface area (TPSA) is 63.7 Å². The van der Waals surface area contributed by atoms with E-state index in [1.165, 1.54) is 37.3 Å². The summed E-state index contributed by atoms with van der Waals surface area (Å²) >= 11 is 0. The summed E-state index contributed by atoms with van der Waals surface area (Å²) in [6, 6.07) is 11.7. The Morgan fingerprint density at radius 3 is 2.48 bits per heavy atom. The number of benzene rings is 3. The highest BCUT2D eigenvalue weighted by Gasteiger charge is 2.35. The summed E-state index contributed by atoms with van der Waals surface area (Å²) in [5, 5.41) is 0. The van der Waals surface area contributed by atoms with E-state index in [1.54, 1.807) is 0 Å². The maximum Gasteiger partial charge on any atom is 0.416 e. The Morgan fingerprint density at radius 1 is 1.03 bits per heavy atom. The van der Waals surface area contributed by atoms with E-state index in [9.17, 15) is 30.8 Å². The first-order valence-electron chi connectivity index (χ1n) is 9.76. The lowest BCUT2D eigenvalue weighted by Crippen LogP contribution is -2.38. The van der Waals surface area contributed by atoms with E-state index in [4.69, 9.17) is 4.74 Å². The fraction of sp³-hybridized carbons (Fsp3) is 0.174. The molecule has 0 N–H and O–H groups in total. The molecule has 0 aromatic heterocycles. The van der Waals surface area contributed by atoms with Gasteiger partial charge in [0, 0.05) is 11.1 Å². The first-order valence-corrected chi connectivity index (χ1v) is 11.2. The van der Waals surface area contributed by atoms with Crippen molar-refractivity contribution in [3.8, 4) is 16.9 Å². The van der Waals surface area contributed by atoms with Crippen LogP contribution in [-0.2, 0) is 16.2 Å². The number of Topliss-reactive ketones (excluding diaryl/α,β-unsaturated/α-hetero) is 1. The van der Waals surface area contributed by atoms with Crippen molar-refractivity contribution in [1.82, 2.24) is 0 Å². The zero-order chi connectivity index (χ0) is 24.0. The van der Waals surface area contributed by atoms with Gasteiger partial charge in [0.15, 0.2) is 5.78 Å². The van der Waals surface area contributed by atoms with Gasteiger partial charge in [0.2, 0.25) is 0 Å². The number of carbonyl (C=O) groups excluding carboxylic acids is 1. The Kier molecular flexibility index (Phi) is 5.65. The number of ether oxygens (including phenoxy) is 1. The molecule has 172 valence electrons. The summed E-state index contributed by atoms with van der Waals surface area (Å²) < 4.78 is 86.9. The molecule has 0 fully saturated rings. The molecule has 0 bridgehead atoms. The van der Waals surface area contributed by atoms with E-state index < -0.39 is 32.5 Å². The van der Waals surface area contributed by atoms with E-state index in [0.29, 0.717) is 6.07 Å². The van der Waals surface area contributed by atoms with Crippen LogP contribution in [0.4, 0.5) is 23.2 Å². The number of anilines is 1. The fourth-order valence-corrected chi connectivity index (χ4v) is 5.03. The van der Waals surface area contributed by atoms with E-state index >= 15 is 0 Å². The van der Waals surface area contributed by atoms with Gasteiger partial charge in [-0.3, -0.25) is 9.10 Å². The minimum atomic E-state index is -4.71. The van der Waals surface area contributed by atoms with Gasteiger partial charge < -0.3 is 4.74 Å². The van der Waals surface area contributed by atoms with Crippen molar-refractivity contribution < 1.29 is 35.5 Å². The molecule has 0 saturated carbocycles. The van der Waals surface area contributed by atoms with Crippen LogP contribution < -0.4 is 9.04 Å². The second-order valence-electron chi connectivity index (χ2n) is 7.38. The van der Waals surface area contributed by atoms with Crippen LogP contribution in [0.1, 0.15) is 22.8 Å². The Balaban J connectivity index is 1.82. The van der Waals surface area contributed by atoms with E-state index in [1.807, 2.05) is 0 Å². The van der Waals surface area contributed by atoms with E-state index in [0.717, 1.165) is 28.6 Å². The first-order chi connectivity index (χ1) is 15.5. The summed E-state index contributed by atoms with van der Waals surface area (Å²) in [4.78, 5) is 11.2. The normalized spacial score (nSPS) is 13.9. The molecule has 1 aliphatic rings. The molecule has 33 heavy (non-hydrogen) atoms. The maximum absolute atomic E-state index is 14.5. The predicted molar refractivity (Wildman–Crippen MR) is 113 cm³/mol. The standard InChI is InChI=1S/C23H17F4NO4S/c1-14(29)15-5-7-20(24)19(11-15)16-6-8-22-21(12-16)28(9-10-32-22)33(30,31)18-4-2-3-17(13-18)23(25,26)27/h2-8,11-13H,9-10H2,1H3. The number of hydrogen-bond acceptors (Lipinski definition) is 4. The smallest absolute Gasteiger partial charge is 0.416 e. The van der Waals surface area contributed by atoms with Crippen LogP contribution in [0.25, 0.3) is 11.1 Å². The summed E-state index contributed by atoms with van der Waals surface area (Å²) in [6.45, 7) is 1.17. The molecule has 0 spiro atoms. The third-order valence-electron chi connectivity index (χ3n) is 5.21. The summed E-state index contributed by atoms with van der Waals surface area (Å²) in [6.07, 6.45) is -4.71. The second kappa shape index (κ2) is 8.18. The molecule has 3 aromatic carbocycles. The van der Waals surface area contributed by atoms with Crippen molar-refractivity contribution >= 4 is 21.5 Å². The minimum Gasteiger partial charge on any atom is -0.489 e. The molecule has 10 heteroatoms. The molecular weight excluding hydrogens is 462 g/mol. The van der Waals surface area contributed by atoms with Crippen LogP contribution in [0.5, 0.6) is 5.75 Å². The first kappa shape index (κ1) is 22.8. The predicted octanol–water partition coefficient (Wildman–Crippen LogP) is 5.30. The molecule has 0 aliphatic carbocycles. The van der Waals surface area contributed by atoms with Crippen molar-refractivity contribution in [2.24, 2.45) is 0 Å². The van der Waals surface area contributed by atoms with Crippen LogP contribution in [-0.4, -0.2) is 27.4 Å². The highest BCUT2D eigenvalue weighted by atomic mass is 32.2. The SMILES string of the molecule is CC(=O)c1ccc(F)c(-c2ccc3c(c2)N(S(=O)(=O)c2cccc(C(F)(F)F)c2)CCO3)c1. The van der Waals surface area contributed by atoms with Gasteiger partial charge in [-0.2, -0.15) is 13.2 Å². The highest BCUT2D eigenvalue weighted by molar-refractivity contribution is 7.92. The van der Waals surface area contributed by atoms with Crippen molar-refractivity contribution in [2.45, 2.75) is 18.0 Å². The van der Waals surface area contributed by atoms with Crippen molar-refractivity contribution in [3.05, 3.63) is 77.6 Å². The number of ketones is 1. The number of carbonyl (C=O) groups is 1. The Morgan fingerprint density at radius 2 is 1.79 bits per heavy atom. The van der Waals surface area contributed by atoms with E-state index in [2.05, 4.69) is 0 Å². The molecular formula is C23H17F4NO4S. The minimum absolute atomic E-state index is 0.0152. The molecule has 3 aromatic rings. The molecule has 1 heterocycles. The number of halogens is 4. The molecule has 1 aliphatic heterocycles. The Hall–Kier alpha value is -3.40. The third kappa shape index (κ3) is 4.30. The lowest BCUT2D eigenvalue weighted by Gasteiger charge is -2.31. The van der Waals surface area contributed by atoms with Gasteiger partial charge in [0.1, 0.15) is 18.2 Å². The highest BCUT2D eigenvalue weighted by Crippen LogP contribution is 2.40. The maximum atomic E-state index is 14.5. The summed E-state index contributed by atoms with van der Waals surface area (Å²) in [7, 11) is -4.38. The van der Waals surface area contributed by atoms with Gasteiger partial charge in [-0.25, -0.2) is 12.8 Å². The lowest BCUT2D eigenvalue weighted by molar-refractivity contribution is -0.137. The largest absolute Gasteiger partial charge is 0.489 e. The quantitative estimate of drug-likeness (QED) is 0.376. The molecule has 0 atom stereocenters. The van der Waals surface area contributed by atoms with E-state index in [-0.39, 0.29) is 47.1 Å². The van der Waals surface area contributed by atoms with Crippen LogP contribution in [0.3, 0.4) is 0 Å². The molecule has 0 unspecified atom stereocenters. The molecule has 5 nitrogen and oxygen atoms in total. The molecule has 0 amide bonds. The van der Waals surface area contributed by atoms with Crippen LogP contribution in [0.15, 0.2) is 65.6 Å². The third-order valence-corrected chi connectivity index (χ3v) is 7.02. The number of rotatable bonds is 4. The Labute approximate surface area is 187 Å². The molecule has 0 saturated heterocycles. The number of fused-ring (bicyclic) bond motifs is 1. The lowest BCUT2D eigenvalue weighted by atomic mass is 10.00. The zero-order valence-corrected chi connectivity index (χ0v) is 18.0. The van der Waals surface area contributed by atoms with Crippen LogP contribution in [0.2, 0.25) is 0 Å². The van der Waals surface area contributed by atoms with Gasteiger partial charge >= 0.3 is 6.18 Å². The van der Waals surface area contributed by atoms with Gasteiger partial charge in [-0.05, 0) is 61.0 Å². The number of alkyl halides is 3. The van der Waals surface area contributed by atoms with Gasteiger partial charge in [0.05, 0.1) is 22.7 Å². The number of nitrogens with zero attached hydrogens (tertiary/aromatic N) is 1. The summed E-state index contributed by atoms with van der Waals surface area (Å²) in [5.74, 6) is -0.709. The number of hydrogen-bond donors (Lipinski definition) is 0. The van der Waals surface area contributed by atoms with Crippen LogP contribution in [0, 0.1) is 5.82 Å². The average Bonchev–Trinajstić information content (AvgIpc) is 2.78. The van der Waals surface area contributed by atoms with Crippen molar-refractivity contribution in [3.63, 3.8) is 0 Å². The van der Waals surface area contributed by atoms with Gasteiger partial charge in [-0.1, -0.05) is 12.1 Å². The van der Waals surface area contributed by atoms with Gasteiger partial charge in [0.25, 0.3) is 10.0 Å². The average molecular weight is 479 g/mol. The summed E-state index contributed by atoms with van der Waals surface area (Å²) in [5.41, 5.74) is -0.400. The molecule has 4 rings (SSSR count). The number of sulfonamides is 1. The van der Waals surface area contributed by atoms with Crippen molar-refractivity contribution in [1.29, 1.82) is 0 Å². The van der Waals surface area contributed by atoms with Crippen LogP contribution >= 0.6 is 0 Å². The monoisotopic (exact) mass is 479 g/mol. The zero-order valence-electron chi connectivity index (χ0n) is 17.2. The second-order valence-corrected chi connectivity index (χ2v) is 9.25. The fourth-order valence-electron chi connectivity index (χ4n) is 3.54. The van der Waals surface area contributed by atoms with Crippen molar-refractivity contribution in [2.75, 3.05) is 17.5 Å².